The number of hydrogen-bond donors (Lipinski definition) is 2. The number of carbonyl (C=O) groups excluding carboxylic acids is 1. The Morgan fingerprint density at radius 3 is 2.62 bits per heavy atom. The first-order chi connectivity index (χ1) is 11.5. The third-order valence-corrected chi connectivity index (χ3v) is 3.97. The molecular formula is C19H23BrN2O2. The van der Waals surface area contributed by atoms with E-state index < -0.39 is 0 Å². The summed E-state index contributed by atoms with van der Waals surface area (Å²) in [5.41, 5.74) is 2.83. The molecule has 5 heteroatoms. The van der Waals surface area contributed by atoms with Gasteiger partial charge in [-0.1, -0.05) is 18.2 Å². The SMILES string of the molecule is Cc1ccc(NC(=O)CCNc2ccccc2OC(C)C)c(Br)c1. The topological polar surface area (TPSA) is 50.4 Å². The number of halogens is 1. The van der Waals surface area contributed by atoms with E-state index in [2.05, 4.69) is 26.6 Å². The van der Waals surface area contributed by atoms with Gasteiger partial charge in [0.05, 0.1) is 17.5 Å². The first kappa shape index (κ1) is 18.3. The van der Waals surface area contributed by atoms with Gasteiger partial charge in [0.25, 0.3) is 0 Å². The van der Waals surface area contributed by atoms with Crippen molar-refractivity contribution in [2.45, 2.75) is 33.3 Å². The second-order valence-corrected chi connectivity index (χ2v) is 6.73. The van der Waals surface area contributed by atoms with Gasteiger partial charge in [-0.3, -0.25) is 4.79 Å². The molecule has 0 aliphatic rings. The summed E-state index contributed by atoms with van der Waals surface area (Å²) in [5, 5.41) is 6.17. The van der Waals surface area contributed by atoms with Crippen LogP contribution >= 0.6 is 15.9 Å². The predicted molar refractivity (Wildman–Crippen MR) is 103 cm³/mol. The Kier molecular flexibility index (Phi) is 6.67. The molecule has 1 amide bonds. The molecule has 0 unspecified atom stereocenters. The van der Waals surface area contributed by atoms with Crippen LogP contribution in [-0.2, 0) is 4.79 Å². The van der Waals surface area contributed by atoms with Crippen molar-refractivity contribution in [2.24, 2.45) is 0 Å². The number of benzene rings is 2. The fraction of sp³-hybridized carbons (Fsp3) is 0.316. The van der Waals surface area contributed by atoms with Crippen molar-refractivity contribution in [3.63, 3.8) is 0 Å². The summed E-state index contributed by atoms with van der Waals surface area (Å²) in [4.78, 5) is 12.1. The van der Waals surface area contributed by atoms with Crippen LogP contribution in [0.2, 0.25) is 0 Å². The van der Waals surface area contributed by atoms with Crippen LogP contribution in [0.5, 0.6) is 5.75 Å². The largest absolute Gasteiger partial charge is 0.489 e. The lowest BCUT2D eigenvalue weighted by atomic mass is 10.2. The van der Waals surface area contributed by atoms with Gasteiger partial charge >= 0.3 is 0 Å². The molecule has 0 saturated heterocycles. The minimum atomic E-state index is -0.0330. The summed E-state index contributed by atoms with van der Waals surface area (Å²) in [6, 6.07) is 13.6. The molecule has 0 bridgehead atoms. The average molecular weight is 391 g/mol. The number of aryl methyl sites for hydroxylation is 1. The molecule has 0 saturated carbocycles. The highest BCUT2D eigenvalue weighted by molar-refractivity contribution is 9.10. The number of ether oxygens (including phenoxy) is 1. The zero-order valence-electron chi connectivity index (χ0n) is 14.2. The van der Waals surface area contributed by atoms with Crippen LogP contribution in [0.25, 0.3) is 0 Å². The summed E-state index contributed by atoms with van der Waals surface area (Å²) in [6.07, 6.45) is 0.478. The van der Waals surface area contributed by atoms with Gasteiger partial charge in [0.15, 0.2) is 0 Å². The van der Waals surface area contributed by atoms with Gasteiger partial charge in [-0.25, -0.2) is 0 Å². The van der Waals surface area contributed by atoms with Gasteiger partial charge < -0.3 is 15.4 Å². The molecule has 0 fully saturated rings. The van der Waals surface area contributed by atoms with Crippen molar-refractivity contribution >= 4 is 33.2 Å². The smallest absolute Gasteiger partial charge is 0.226 e. The number of amides is 1. The Morgan fingerprint density at radius 2 is 1.92 bits per heavy atom. The summed E-state index contributed by atoms with van der Waals surface area (Å²) < 4.78 is 6.64. The van der Waals surface area contributed by atoms with Crippen molar-refractivity contribution in [2.75, 3.05) is 17.2 Å². The van der Waals surface area contributed by atoms with Gasteiger partial charge in [-0.05, 0) is 66.5 Å². The highest BCUT2D eigenvalue weighted by atomic mass is 79.9. The maximum atomic E-state index is 12.1. The van der Waals surface area contributed by atoms with Crippen molar-refractivity contribution < 1.29 is 9.53 Å². The number of carbonyl (C=O) groups is 1. The van der Waals surface area contributed by atoms with E-state index in [4.69, 9.17) is 4.74 Å². The van der Waals surface area contributed by atoms with E-state index in [1.165, 1.54) is 0 Å². The second kappa shape index (κ2) is 8.73. The highest BCUT2D eigenvalue weighted by Gasteiger charge is 2.08. The molecule has 0 aliphatic carbocycles. The fourth-order valence-corrected chi connectivity index (χ4v) is 2.81. The van der Waals surface area contributed by atoms with Gasteiger partial charge in [-0.15, -0.1) is 0 Å². The normalized spacial score (nSPS) is 10.5. The van der Waals surface area contributed by atoms with Crippen LogP contribution in [-0.4, -0.2) is 18.6 Å². The van der Waals surface area contributed by atoms with Crippen molar-refractivity contribution in [1.82, 2.24) is 0 Å². The first-order valence-corrected chi connectivity index (χ1v) is 8.80. The standard InChI is InChI=1S/C19H23BrN2O2/c1-13(2)24-18-7-5-4-6-17(18)21-11-10-19(23)22-16-9-8-14(3)12-15(16)20/h4-9,12-13,21H,10-11H2,1-3H3,(H,22,23). The molecule has 0 aromatic heterocycles. The molecule has 0 aliphatic heterocycles. The quantitative estimate of drug-likeness (QED) is 0.700. The minimum absolute atomic E-state index is 0.0330. The number of anilines is 2. The van der Waals surface area contributed by atoms with E-state index in [0.29, 0.717) is 13.0 Å². The molecular weight excluding hydrogens is 368 g/mol. The summed E-state index contributed by atoms with van der Waals surface area (Å²) in [6.45, 7) is 6.53. The van der Waals surface area contributed by atoms with Crippen LogP contribution in [0.3, 0.4) is 0 Å². The maximum Gasteiger partial charge on any atom is 0.226 e. The third kappa shape index (κ3) is 5.57. The van der Waals surface area contributed by atoms with E-state index in [-0.39, 0.29) is 12.0 Å². The van der Waals surface area contributed by atoms with Gasteiger partial charge in [0.2, 0.25) is 5.91 Å². The van der Waals surface area contributed by atoms with E-state index in [1.807, 2.05) is 63.2 Å². The number of rotatable bonds is 7. The zero-order valence-corrected chi connectivity index (χ0v) is 15.8. The number of para-hydroxylation sites is 2. The minimum Gasteiger partial charge on any atom is -0.489 e. The summed E-state index contributed by atoms with van der Waals surface area (Å²) in [7, 11) is 0. The monoisotopic (exact) mass is 390 g/mol. The van der Waals surface area contributed by atoms with E-state index in [9.17, 15) is 4.79 Å². The number of hydrogen-bond acceptors (Lipinski definition) is 3. The molecule has 2 N–H and O–H groups in total. The Bertz CT molecular complexity index is 702. The van der Waals surface area contributed by atoms with E-state index in [1.54, 1.807) is 0 Å². The zero-order chi connectivity index (χ0) is 17.5. The van der Waals surface area contributed by atoms with Crippen LogP contribution in [0.1, 0.15) is 25.8 Å². The molecule has 0 atom stereocenters. The van der Waals surface area contributed by atoms with Crippen molar-refractivity contribution in [1.29, 1.82) is 0 Å². The molecule has 4 nitrogen and oxygen atoms in total. The average Bonchev–Trinajstić information content (AvgIpc) is 2.51. The molecule has 0 spiro atoms. The summed E-state index contributed by atoms with van der Waals surface area (Å²) in [5.74, 6) is 0.767. The molecule has 0 radical (unpaired) electrons. The lowest BCUT2D eigenvalue weighted by Gasteiger charge is -2.15. The van der Waals surface area contributed by atoms with Crippen LogP contribution < -0.4 is 15.4 Å². The molecule has 128 valence electrons. The van der Waals surface area contributed by atoms with Gasteiger partial charge in [0.1, 0.15) is 5.75 Å². The number of nitrogens with one attached hydrogen (secondary N) is 2. The van der Waals surface area contributed by atoms with Crippen molar-refractivity contribution in [3.8, 4) is 5.75 Å². The Balaban J connectivity index is 1.87. The maximum absolute atomic E-state index is 12.1. The van der Waals surface area contributed by atoms with Crippen LogP contribution in [0, 0.1) is 6.92 Å². The fourth-order valence-electron chi connectivity index (χ4n) is 2.21. The Morgan fingerprint density at radius 1 is 1.17 bits per heavy atom. The molecule has 2 aromatic rings. The van der Waals surface area contributed by atoms with Crippen LogP contribution in [0.15, 0.2) is 46.9 Å². The van der Waals surface area contributed by atoms with Crippen LogP contribution in [0.4, 0.5) is 11.4 Å². The summed E-state index contributed by atoms with van der Waals surface area (Å²) >= 11 is 3.47. The molecule has 2 rings (SSSR count). The first-order valence-electron chi connectivity index (χ1n) is 8.01. The second-order valence-electron chi connectivity index (χ2n) is 5.87. The van der Waals surface area contributed by atoms with Gasteiger partial charge in [0, 0.05) is 17.4 Å². The lowest BCUT2D eigenvalue weighted by Crippen LogP contribution is -2.17. The Hall–Kier alpha value is -2.01. The molecule has 24 heavy (non-hydrogen) atoms. The van der Waals surface area contributed by atoms with E-state index >= 15 is 0 Å². The Labute approximate surface area is 151 Å². The molecule has 0 heterocycles. The predicted octanol–water partition coefficient (Wildman–Crippen LogP) is 4.99. The highest BCUT2D eigenvalue weighted by Crippen LogP contribution is 2.25. The lowest BCUT2D eigenvalue weighted by molar-refractivity contribution is -0.115. The third-order valence-electron chi connectivity index (χ3n) is 3.32. The van der Waals surface area contributed by atoms with Crippen molar-refractivity contribution in [3.05, 3.63) is 52.5 Å². The van der Waals surface area contributed by atoms with E-state index in [0.717, 1.165) is 27.2 Å². The van der Waals surface area contributed by atoms with Gasteiger partial charge in [-0.2, -0.15) is 0 Å². The molecule has 2 aromatic carbocycles.